The Labute approximate surface area is 174 Å². The molecule has 5 nitrogen and oxygen atoms in total. The van der Waals surface area contributed by atoms with Crippen molar-refractivity contribution >= 4 is 40.1 Å². The summed E-state index contributed by atoms with van der Waals surface area (Å²) in [5, 5.41) is 2.58. The van der Waals surface area contributed by atoms with Gasteiger partial charge in [0.1, 0.15) is 11.1 Å². The number of rotatable bonds is 6. The Kier molecular flexibility index (Phi) is 6.69. The van der Waals surface area contributed by atoms with Crippen molar-refractivity contribution in [3.05, 3.63) is 59.4 Å². The lowest BCUT2D eigenvalue weighted by atomic mass is 10.1. The van der Waals surface area contributed by atoms with Crippen LogP contribution in [0.2, 0.25) is 0 Å². The van der Waals surface area contributed by atoms with Crippen LogP contribution in [0.1, 0.15) is 30.9 Å². The van der Waals surface area contributed by atoms with Crippen molar-refractivity contribution in [3.63, 3.8) is 0 Å². The molecule has 0 aliphatic carbocycles. The smallest absolute Gasteiger partial charge is 0.242 e. The highest BCUT2D eigenvalue weighted by molar-refractivity contribution is 8.15. The van der Waals surface area contributed by atoms with Gasteiger partial charge in [0.2, 0.25) is 11.8 Å². The highest BCUT2D eigenvalue weighted by atomic mass is 32.2. The minimum absolute atomic E-state index is 0.0377. The number of amides is 2. The Balaban J connectivity index is 1.77. The third-order valence-corrected chi connectivity index (χ3v) is 5.73. The molecule has 0 bridgehead atoms. The van der Waals surface area contributed by atoms with E-state index in [2.05, 4.69) is 5.32 Å². The zero-order valence-electron chi connectivity index (χ0n) is 16.7. The molecular formula is C22H24FN3O2S. The van der Waals surface area contributed by atoms with Crippen LogP contribution in [0, 0.1) is 19.7 Å². The van der Waals surface area contributed by atoms with Gasteiger partial charge in [-0.05, 0) is 44.0 Å². The van der Waals surface area contributed by atoms with Crippen molar-refractivity contribution in [2.45, 2.75) is 38.9 Å². The van der Waals surface area contributed by atoms with E-state index in [0.29, 0.717) is 11.7 Å². The van der Waals surface area contributed by atoms with E-state index in [4.69, 9.17) is 4.99 Å². The fraction of sp³-hybridized carbons (Fsp3) is 0.318. The average Bonchev–Trinajstić information content (AvgIpc) is 2.95. The number of carbonyl (C=O) groups excluding carboxylic acids is 2. The first-order chi connectivity index (χ1) is 13.9. The summed E-state index contributed by atoms with van der Waals surface area (Å²) >= 11 is 1.29. The number of halogens is 1. The molecule has 2 amide bonds. The number of hydrogen-bond donors (Lipinski definition) is 1. The number of amidine groups is 1. The predicted octanol–water partition coefficient (Wildman–Crippen LogP) is 4.81. The van der Waals surface area contributed by atoms with Gasteiger partial charge in [0.25, 0.3) is 0 Å². The molecule has 1 saturated heterocycles. The summed E-state index contributed by atoms with van der Waals surface area (Å²) in [7, 11) is 0. The molecule has 152 valence electrons. The van der Waals surface area contributed by atoms with E-state index in [1.165, 1.54) is 23.9 Å². The van der Waals surface area contributed by atoms with E-state index in [0.717, 1.165) is 23.2 Å². The summed E-state index contributed by atoms with van der Waals surface area (Å²) in [6.07, 6.45) is 0.746. The lowest BCUT2D eigenvalue weighted by Crippen LogP contribution is -2.34. The number of para-hydroxylation sites is 1. The summed E-state index contributed by atoms with van der Waals surface area (Å²) in [5.74, 6) is -1.04. The van der Waals surface area contributed by atoms with Gasteiger partial charge in [-0.3, -0.25) is 14.5 Å². The zero-order valence-corrected chi connectivity index (χ0v) is 17.6. The first-order valence-electron chi connectivity index (χ1n) is 9.57. The van der Waals surface area contributed by atoms with Gasteiger partial charge in [0.05, 0.1) is 11.4 Å². The first kappa shape index (κ1) is 21.0. The van der Waals surface area contributed by atoms with Crippen LogP contribution in [0.4, 0.5) is 15.8 Å². The van der Waals surface area contributed by atoms with Crippen LogP contribution in [0.25, 0.3) is 0 Å². The molecule has 0 saturated carbocycles. The fourth-order valence-electron chi connectivity index (χ4n) is 3.12. The molecule has 1 aliphatic rings. The lowest BCUT2D eigenvalue weighted by molar-refractivity contribution is -0.128. The molecule has 2 aromatic carbocycles. The molecule has 1 fully saturated rings. The second-order valence-corrected chi connectivity index (χ2v) is 8.18. The average molecular weight is 414 g/mol. The highest BCUT2D eigenvalue weighted by Gasteiger charge is 2.38. The van der Waals surface area contributed by atoms with Gasteiger partial charge in [0.15, 0.2) is 5.17 Å². The van der Waals surface area contributed by atoms with Gasteiger partial charge < -0.3 is 5.32 Å². The van der Waals surface area contributed by atoms with Gasteiger partial charge in [-0.2, -0.15) is 0 Å². The van der Waals surface area contributed by atoms with E-state index < -0.39 is 17.0 Å². The molecule has 0 aromatic heterocycles. The molecule has 1 aliphatic heterocycles. The van der Waals surface area contributed by atoms with Gasteiger partial charge in [0, 0.05) is 13.0 Å². The molecule has 2 aromatic rings. The van der Waals surface area contributed by atoms with Crippen LogP contribution >= 0.6 is 11.8 Å². The van der Waals surface area contributed by atoms with Crippen LogP contribution < -0.4 is 5.32 Å². The molecule has 1 heterocycles. The van der Waals surface area contributed by atoms with Gasteiger partial charge in [-0.1, -0.05) is 48.5 Å². The maximum absolute atomic E-state index is 13.8. The second-order valence-electron chi connectivity index (χ2n) is 7.01. The SMILES string of the molecule is CCCN1C(=O)C(CC(=O)Nc2ccccc2F)SC1=Nc1ccc(C)cc1C. The van der Waals surface area contributed by atoms with Crippen molar-refractivity contribution in [2.24, 2.45) is 4.99 Å². The van der Waals surface area contributed by atoms with Gasteiger partial charge >= 0.3 is 0 Å². The molecular weight excluding hydrogens is 389 g/mol. The van der Waals surface area contributed by atoms with Crippen LogP contribution in [-0.4, -0.2) is 33.7 Å². The number of thioether (sulfide) groups is 1. The van der Waals surface area contributed by atoms with E-state index >= 15 is 0 Å². The molecule has 0 spiro atoms. The minimum atomic E-state index is -0.571. The number of carbonyl (C=O) groups is 2. The second kappa shape index (κ2) is 9.22. The maximum atomic E-state index is 13.8. The zero-order chi connectivity index (χ0) is 21.0. The number of benzene rings is 2. The standard InChI is InChI=1S/C22H24FN3O2S/c1-4-11-26-21(28)19(13-20(27)24-18-8-6-5-7-16(18)23)29-22(26)25-17-10-9-14(2)12-15(17)3/h5-10,12,19H,4,11,13H2,1-3H3,(H,24,27). The molecule has 3 rings (SSSR count). The normalized spacial score (nSPS) is 17.8. The number of aliphatic imine (C=N–C) groups is 1. The van der Waals surface area contributed by atoms with Crippen molar-refractivity contribution in [2.75, 3.05) is 11.9 Å². The van der Waals surface area contributed by atoms with Crippen LogP contribution in [0.3, 0.4) is 0 Å². The molecule has 1 atom stereocenters. The summed E-state index contributed by atoms with van der Waals surface area (Å²) in [6, 6.07) is 11.9. The largest absolute Gasteiger partial charge is 0.324 e. The molecule has 0 radical (unpaired) electrons. The minimum Gasteiger partial charge on any atom is -0.324 e. The summed E-state index contributed by atoms with van der Waals surface area (Å²) < 4.78 is 13.8. The van der Waals surface area contributed by atoms with Crippen molar-refractivity contribution in [1.82, 2.24) is 4.90 Å². The molecule has 1 unspecified atom stereocenters. The molecule has 7 heteroatoms. The maximum Gasteiger partial charge on any atom is 0.242 e. The number of hydrogen-bond acceptors (Lipinski definition) is 4. The number of nitrogens with one attached hydrogen (secondary N) is 1. The monoisotopic (exact) mass is 413 g/mol. The van der Waals surface area contributed by atoms with E-state index in [1.807, 2.05) is 39.0 Å². The van der Waals surface area contributed by atoms with Crippen LogP contribution in [0.5, 0.6) is 0 Å². The lowest BCUT2D eigenvalue weighted by Gasteiger charge is -2.15. The highest BCUT2D eigenvalue weighted by Crippen LogP contribution is 2.33. The summed E-state index contributed by atoms with van der Waals surface area (Å²) in [4.78, 5) is 31.6. The van der Waals surface area contributed by atoms with E-state index in [9.17, 15) is 14.0 Å². The first-order valence-corrected chi connectivity index (χ1v) is 10.5. The van der Waals surface area contributed by atoms with E-state index in [1.54, 1.807) is 17.0 Å². The Morgan fingerprint density at radius 1 is 1.24 bits per heavy atom. The van der Waals surface area contributed by atoms with Crippen LogP contribution in [-0.2, 0) is 9.59 Å². The quantitative estimate of drug-likeness (QED) is 0.739. The number of nitrogens with zero attached hydrogens (tertiary/aromatic N) is 2. The summed E-state index contributed by atoms with van der Waals surface area (Å²) in [6.45, 7) is 6.54. The summed E-state index contributed by atoms with van der Waals surface area (Å²) in [5.41, 5.74) is 3.10. The Bertz CT molecular complexity index is 961. The van der Waals surface area contributed by atoms with Gasteiger partial charge in [-0.25, -0.2) is 9.38 Å². The van der Waals surface area contributed by atoms with Crippen LogP contribution in [0.15, 0.2) is 47.5 Å². The van der Waals surface area contributed by atoms with Crippen molar-refractivity contribution in [3.8, 4) is 0 Å². The Hall–Kier alpha value is -2.67. The number of aryl methyl sites for hydroxylation is 2. The Morgan fingerprint density at radius 3 is 2.69 bits per heavy atom. The molecule has 29 heavy (non-hydrogen) atoms. The Morgan fingerprint density at radius 2 is 2.00 bits per heavy atom. The predicted molar refractivity (Wildman–Crippen MR) is 116 cm³/mol. The van der Waals surface area contributed by atoms with Crippen molar-refractivity contribution in [1.29, 1.82) is 0 Å². The fourth-order valence-corrected chi connectivity index (χ4v) is 4.30. The third-order valence-electron chi connectivity index (χ3n) is 4.55. The van der Waals surface area contributed by atoms with Gasteiger partial charge in [-0.15, -0.1) is 0 Å². The topological polar surface area (TPSA) is 61.8 Å². The van der Waals surface area contributed by atoms with Crippen molar-refractivity contribution < 1.29 is 14.0 Å². The molecule has 1 N–H and O–H groups in total. The van der Waals surface area contributed by atoms with E-state index in [-0.39, 0.29) is 18.0 Å². The third kappa shape index (κ3) is 5.03. The number of anilines is 1.